The van der Waals surface area contributed by atoms with Crippen LogP contribution in [0.25, 0.3) is 32.9 Å². The van der Waals surface area contributed by atoms with E-state index in [4.69, 9.17) is 4.74 Å². The van der Waals surface area contributed by atoms with Crippen molar-refractivity contribution in [2.75, 3.05) is 17.7 Å². The summed E-state index contributed by atoms with van der Waals surface area (Å²) in [5.41, 5.74) is 8.13. The van der Waals surface area contributed by atoms with Crippen molar-refractivity contribution < 1.29 is 14.3 Å². The van der Waals surface area contributed by atoms with E-state index >= 15 is 0 Å². The predicted molar refractivity (Wildman–Crippen MR) is 145 cm³/mol. The van der Waals surface area contributed by atoms with Gasteiger partial charge in [0.15, 0.2) is 0 Å². The van der Waals surface area contributed by atoms with Gasteiger partial charge in [0.05, 0.1) is 45.4 Å². The molecule has 3 aromatic carbocycles. The zero-order valence-corrected chi connectivity index (χ0v) is 20.8. The number of imidazole rings is 1. The Labute approximate surface area is 216 Å². The summed E-state index contributed by atoms with van der Waals surface area (Å²) in [4.78, 5) is 34.1. The Morgan fingerprint density at radius 2 is 1.84 bits per heavy atom. The lowest BCUT2D eigenvalue weighted by atomic mass is 9.98. The SMILES string of the molecule is COC(=O)c1ccc2c(c1)NC(=O)C2=C(Nc1ccc(-c2nccn2C)cc1)c1ccc2ncsc2c1. The molecule has 1 aliphatic heterocycles. The molecule has 2 N–H and O–H groups in total. The second-order valence-electron chi connectivity index (χ2n) is 8.56. The minimum atomic E-state index is -0.462. The second-order valence-corrected chi connectivity index (χ2v) is 9.44. The van der Waals surface area contributed by atoms with Gasteiger partial charge >= 0.3 is 5.97 Å². The lowest BCUT2D eigenvalue weighted by Crippen LogP contribution is -2.10. The molecule has 182 valence electrons. The number of hydrogen-bond acceptors (Lipinski definition) is 7. The van der Waals surface area contributed by atoms with Crippen LogP contribution in [-0.2, 0) is 16.6 Å². The summed E-state index contributed by atoms with van der Waals surface area (Å²) in [6.07, 6.45) is 3.67. The number of aryl methyl sites for hydroxylation is 1. The lowest BCUT2D eigenvalue weighted by molar-refractivity contribution is -0.110. The molecule has 1 amide bonds. The molecule has 0 radical (unpaired) electrons. The lowest BCUT2D eigenvalue weighted by Gasteiger charge is -2.15. The van der Waals surface area contributed by atoms with Crippen molar-refractivity contribution in [3.63, 3.8) is 0 Å². The number of anilines is 2. The van der Waals surface area contributed by atoms with Gasteiger partial charge in [0.1, 0.15) is 5.82 Å². The summed E-state index contributed by atoms with van der Waals surface area (Å²) in [6, 6.07) is 18.9. The number of nitrogens with zero attached hydrogens (tertiary/aromatic N) is 3. The maximum absolute atomic E-state index is 13.3. The van der Waals surface area contributed by atoms with E-state index in [-0.39, 0.29) is 5.91 Å². The fourth-order valence-electron chi connectivity index (χ4n) is 4.45. The van der Waals surface area contributed by atoms with Gasteiger partial charge in [0.2, 0.25) is 0 Å². The van der Waals surface area contributed by atoms with Crippen LogP contribution < -0.4 is 10.6 Å². The smallest absolute Gasteiger partial charge is 0.337 e. The number of amides is 1. The van der Waals surface area contributed by atoms with Crippen LogP contribution in [0.1, 0.15) is 21.5 Å². The molecule has 0 saturated carbocycles. The zero-order chi connectivity index (χ0) is 25.5. The Hall–Kier alpha value is -4.76. The summed E-state index contributed by atoms with van der Waals surface area (Å²) < 4.78 is 7.81. The average Bonchev–Trinajstić information content (AvgIpc) is 3.64. The van der Waals surface area contributed by atoms with Crippen LogP contribution in [0.4, 0.5) is 11.4 Å². The third-order valence-electron chi connectivity index (χ3n) is 6.29. The number of rotatable bonds is 5. The van der Waals surface area contributed by atoms with E-state index in [1.165, 1.54) is 7.11 Å². The van der Waals surface area contributed by atoms with Crippen molar-refractivity contribution in [2.24, 2.45) is 7.05 Å². The number of benzene rings is 3. The van der Waals surface area contributed by atoms with Crippen LogP contribution in [0.5, 0.6) is 0 Å². The van der Waals surface area contributed by atoms with Gasteiger partial charge in [-0.05, 0) is 48.5 Å². The molecule has 3 heterocycles. The van der Waals surface area contributed by atoms with Crippen molar-refractivity contribution in [3.05, 3.63) is 95.3 Å². The number of carbonyl (C=O) groups excluding carboxylic acids is 2. The van der Waals surface area contributed by atoms with Gasteiger partial charge in [0, 0.05) is 41.8 Å². The molecule has 5 aromatic rings. The van der Waals surface area contributed by atoms with Crippen LogP contribution in [0.3, 0.4) is 0 Å². The van der Waals surface area contributed by atoms with Crippen molar-refractivity contribution in [1.29, 1.82) is 0 Å². The third-order valence-corrected chi connectivity index (χ3v) is 7.08. The third kappa shape index (κ3) is 4.05. The van der Waals surface area contributed by atoms with Crippen LogP contribution in [0.2, 0.25) is 0 Å². The highest BCUT2D eigenvalue weighted by Crippen LogP contribution is 2.39. The molecule has 0 unspecified atom stereocenters. The summed E-state index contributed by atoms with van der Waals surface area (Å²) in [5, 5.41) is 6.39. The molecule has 0 aliphatic carbocycles. The van der Waals surface area contributed by atoms with Gasteiger partial charge in [-0.2, -0.15) is 0 Å². The highest BCUT2D eigenvalue weighted by atomic mass is 32.1. The quantitative estimate of drug-likeness (QED) is 0.244. The molecule has 0 spiro atoms. The minimum Gasteiger partial charge on any atom is -0.465 e. The van der Waals surface area contributed by atoms with Gasteiger partial charge < -0.3 is 19.9 Å². The monoisotopic (exact) mass is 507 g/mol. The Morgan fingerprint density at radius 3 is 2.59 bits per heavy atom. The molecular formula is C28H21N5O3S. The number of nitrogens with one attached hydrogen (secondary N) is 2. The fraction of sp³-hybridized carbons (Fsp3) is 0.0714. The van der Waals surface area contributed by atoms with Crippen LogP contribution in [-0.4, -0.2) is 33.5 Å². The van der Waals surface area contributed by atoms with Gasteiger partial charge in [-0.25, -0.2) is 14.8 Å². The predicted octanol–water partition coefficient (Wildman–Crippen LogP) is 5.42. The molecule has 1 aliphatic rings. The summed E-state index contributed by atoms with van der Waals surface area (Å²) in [6.45, 7) is 0. The topological polar surface area (TPSA) is 98.1 Å². The van der Waals surface area contributed by atoms with E-state index in [0.29, 0.717) is 28.1 Å². The normalized spacial score (nSPS) is 13.8. The summed E-state index contributed by atoms with van der Waals surface area (Å²) in [7, 11) is 3.28. The van der Waals surface area contributed by atoms with E-state index in [2.05, 4.69) is 20.6 Å². The van der Waals surface area contributed by atoms with E-state index in [0.717, 1.165) is 32.9 Å². The van der Waals surface area contributed by atoms with E-state index < -0.39 is 5.97 Å². The number of ether oxygens (including phenoxy) is 1. The number of esters is 1. The highest BCUT2D eigenvalue weighted by Gasteiger charge is 2.29. The molecule has 37 heavy (non-hydrogen) atoms. The molecule has 9 heteroatoms. The molecule has 0 atom stereocenters. The fourth-order valence-corrected chi connectivity index (χ4v) is 5.16. The maximum Gasteiger partial charge on any atom is 0.337 e. The minimum absolute atomic E-state index is 0.256. The molecule has 0 saturated heterocycles. The Bertz CT molecular complexity index is 1720. The standard InChI is InChI=1S/C28H21N5O3S/c1-33-12-11-29-26(33)16-3-7-19(8-4-16)31-25(17-6-10-21-23(14-17)37-15-30-21)24-20-9-5-18(28(35)36-2)13-22(20)32-27(24)34/h3-15,31H,1-2H3,(H,32,34). The van der Waals surface area contributed by atoms with Crippen molar-refractivity contribution >= 4 is 56.1 Å². The molecule has 0 fully saturated rings. The van der Waals surface area contributed by atoms with Crippen LogP contribution in [0, 0.1) is 0 Å². The average molecular weight is 508 g/mol. The second kappa shape index (κ2) is 9.03. The molecule has 8 nitrogen and oxygen atoms in total. The number of fused-ring (bicyclic) bond motifs is 2. The van der Waals surface area contributed by atoms with Crippen molar-refractivity contribution in [3.8, 4) is 11.4 Å². The number of thiazole rings is 1. The Morgan fingerprint density at radius 1 is 1.03 bits per heavy atom. The van der Waals surface area contributed by atoms with Gasteiger partial charge in [-0.1, -0.05) is 12.1 Å². The molecule has 2 aromatic heterocycles. The van der Waals surface area contributed by atoms with Crippen molar-refractivity contribution in [2.45, 2.75) is 0 Å². The number of carbonyl (C=O) groups is 2. The van der Waals surface area contributed by atoms with Crippen LogP contribution in [0.15, 0.2) is 78.6 Å². The Balaban J connectivity index is 1.47. The first-order valence-electron chi connectivity index (χ1n) is 11.5. The first-order chi connectivity index (χ1) is 18.0. The number of methoxy groups -OCH3 is 1. The summed E-state index contributed by atoms with van der Waals surface area (Å²) in [5.74, 6) is 0.149. The van der Waals surface area contributed by atoms with Crippen LogP contribution >= 0.6 is 11.3 Å². The Kier molecular flexibility index (Phi) is 5.54. The highest BCUT2D eigenvalue weighted by molar-refractivity contribution is 7.16. The largest absolute Gasteiger partial charge is 0.465 e. The molecular weight excluding hydrogens is 486 g/mol. The number of aromatic nitrogens is 3. The van der Waals surface area contributed by atoms with E-state index in [9.17, 15) is 9.59 Å². The van der Waals surface area contributed by atoms with Crippen molar-refractivity contribution in [1.82, 2.24) is 14.5 Å². The summed E-state index contributed by atoms with van der Waals surface area (Å²) >= 11 is 1.54. The molecule has 0 bridgehead atoms. The maximum atomic E-state index is 13.3. The first-order valence-corrected chi connectivity index (χ1v) is 12.4. The first kappa shape index (κ1) is 22.7. The van der Waals surface area contributed by atoms with Gasteiger partial charge in [-0.15, -0.1) is 11.3 Å². The van der Waals surface area contributed by atoms with E-state index in [1.807, 2.05) is 60.3 Å². The van der Waals surface area contributed by atoms with Gasteiger partial charge in [-0.3, -0.25) is 4.79 Å². The molecule has 6 rings (SSSR count). The zero-order valence-electron chi connectivity index (χ0n) is 20.0. The van der Waals surface area contributed by atoms with Gasteiger partial charge in [0.25, 0.3) is 5.91 Å². The van der Waals surface area contributed by atoms with E-state index in [1.54, 1.807) is 41.2 Å². The number of hydrogen-bond donors (Lipinski definition) is 2.